The molecule has 0 bridgehead atoms. The molecule has 0 spiro atoms. The molecule has 0 saturated heterocycles. The van der Waals surface area contributed by atoms with Crippen LogP contribution in [-0.4, -0.2) is 15.0 Å². The molecule has 4 nitrogen and oxygen atoms in total. The Balaban J connectivity index is 1.06. The van der Waals surface area contributed by atoms with Gasteiger partial charge in [0.1, 0.15) is 11.2 Å². The van der Waals surface area contributed by atoms with Crippen molar-refractivity contribution in [1.82, 2.24) is 15.0 Å². The maximum Gasteiger partial charge on any atom is 0.164 e. The molecule has 0 saturated carbocycles. The van der Waals surface area contributed by atoms with Crippen molar-refractivity contribution in [1.29, 1.82) is 0 Å². The monoisotopic (exact) mass is 675 g/mol. The number of furan rings is 1. The van der Waals surface area contributed by atoms with E-state index in [9.17, 15) is 0 Å². The van der Waals surface area contributed by atoms with E-state index in [0.717, 1.165) is 55.3 Å². The van der Waals surface area contributed by atoms with Crippen molar-refractivity contribution in [2.45, 2.75) is 0 Å². The molecule has 0 fully saturated rings. The number of nitrogens with zero attached hydrogens (tertiary/aromatic N) is 3. The summed E-state index contributed by atoms with van der Waals surface area (Å²) in [5, 5.41) is 4.75. The van der Waals surface area contributed by atoms with Crippen molar-refractivity contribution >= 4 is 32.7 Å². The van der Waals surface area contributed by atoms with Crippen LogP contribution in [0.1, 0.15) is 0 Å². The Morgan fingerprint density at radius 1 is 0.283 bits per heavy atom. The average molecular weight is 676 g/mol. The van der Waals surface area contributed by atoms with Crippen LogP contribution in [0.4, 0.5) is 0 Å². The van der Waals surface area contributed by atoms with Crippen LogP contribution in [-0.2, 0) is 0 Å². The van der Waals surface area contributed by atoms with Gasteiger partial charge >= 0.3 is 0 Å². The molecule has 0 unspecified atom stereocenters. The average Bonchev–Trinajstić information content (AvgIpc) is 3.78. The Hall–Kier alpha value is -7.17. The minimum Gasteiger partial charge on any atom is -0.456 e. The van der Waals surface area contributed by atoms with E-state index in [2.05, 4.69) is 127 Å². The lowest BCUT2D eigenvalue weighted by molar-refractivity contribution is 0.669. The standard InChI is InChI=1S/C49H29N3O/c1-2-12-30(13-3-1)47-50-48(33-16-8-14-31(28-33)35-26-27-41-38-19-5-4-18-37(38)40-23-10-22-39(35)45(40)41)52-49(51-47)34-17-9-15-32(29-34)36-21-11-25-44-46(36)42-20-6-7-24-43(42)53-44/h1-29H. The molecular weight excluding hydrogens is 647 g/mol. The van der Waals surface area contributed by atoms with Crippen LogP contribution in [0.25, 0.3) is 111 Å². The number of fused-ring (bicyclic) bond motifs is 6. The van der Waals surface area contributed by atoms with Crippen molar-refractivity contribution in [2.75, 3.05) is 0 Å². The lowest BCUT2D eigenvalue weighted by Gasteiger charge is -2.12. The summed E-state index contributed by atoms with van der Waals surface area (Å²) < 4.78 is 6.22. The minimum atomic E-state index is 0.619. The van der Waals surface area contributed by atoms with Crippen LogP contribution in [0.15, 0.2) is 180 Å². The molecule has 2 heterocycles. The number of hydrogen-bond acceptors (Lipinski definition) is 4. The van der Waals surface area contributed by atoms with Crippen LogP contribution in [0.5, 0.6) is 0 Å². The zero-order chi connectivity index (χ0) is 34.9. The number of aromatic nitrogens is 3. The zero-order valence-corrected chi connectivity index (χ0v) is 28.5. The van der Waals surface area contributed by atoms with E-state index in [1.165, 1.54) is 38.6 Å². The molecule has 2 aromatic heterocycles. The van der Waals surface area contributed by atoms with Gasteiger partial charge in [-0.3, -0.25) is 0 Å². The van der Waals surface area contributed by atoms with E-state index in [4.69, 9.17) is 19.4 Å². The van der Waals surface area contributed by atoms with Crippen molar-refractivity contribution in [3.63, 3.8) is 0 Å². The van der Waals surface area contributed by atoms with E-state index in [1.54, 1.807) is 0 Å². The van der Waals surface area contributed by atoms with Gasteiger partial charge in [0.15, 0.2) is 17.5 Å². The highest BCUT2D eigenvalue weighted by Gasteiger charge is 2.23. The van der Waals surface area contributed by atoms with Gasteiger partial charge < -0.3 is 4.42 Å². The highest BCUT2D eigenvalue weighted by atomic mass is 16.3. The molecule has 11 rings (SSSR count). The Labute approximate surface area is 305 Å². The summed E-state index contributed by atoms with van der Waals surface area (Å²) in [5.74, 6) is 1.88. The van der Waals surface area contributed by atoms with Crippen molar-refractivity contribution < 1.29 is 4.42 Å². The summed E-state index contributed by atoms with van der Waals surface area (Å²) in [6.07, 6.45) is 0. The van der Waals surface area contributed by atoms with E-state index in [-0.39, 0.29) is 0 Å². The van der Waals surface area contributed by atoms with Crippen LogP contribution < -0.4 is 0 Å². The Morgan fingerprint density at radius 3 is 1.51 bits per heavy atom. The van der Waals surface area contributed by atoms with Gasteiger partial charge in [-0.05, 0) is 79.5 Å². The van der Waals surface area contributed by atoms with Gasteiger partial charge in [-0.2, -0.15) is 0 Å². The molecule has 10 aromatic rings. The number of hydrogen-bond donors (Lipinski definition) is 0. The van der Waals surface area contributed by atoms with E-state index in [1.807, 2.05) is 48.5 Å². The van der Waals surface area contributed by atoms with Crippen LogP contribution in [0, 0.1) is 0 Å². The molecule has 53 heavy (non-hydrogen) atoms. The number of para-hydroxylation sites is 1. The molecule has 0 aliphatic heterocycles. The predicted molar refractivity (Wildman–Crippen MR) is 216 cm³/mol. The fourth-order valence-electron chi connectivity index (χ4n) is 8.08. The van der Waals surface area contributed by atoms with Gasteiger partial charge in [0.25, 0.3) is 0 Å². The molecular formula is C49H29N3O. The smallest absolute Gasteiger partial charge is 0.164 e. The second-order valence-electron chi connectivity index (χ2n) is 13.5. The minimum absolute atomic E-state index is 0.619. The van der Waals surface area contributed by atoms with E-state index < -0.39 is 0 Å². The topological polar surface area (TPSA) is 51.8 Å². The van der Waals surface area contributed by atoms with Crippen molar-refractivity contribution in [2.24, 2.45) is 0 Å². The lowest BCUT2D eigenvalue weighted by atomic mass is 9.93. The molecule has 0 radical (unpaired) electrons. The third-order valence-electron chi connectivity index (χ3n) is 10.5. The summed E-state index contributed by atoms with van der Waals surface area (Å²) in [6.45, 7) is 0. The SMILES string of the molecule is c1ccc(-c2nc(-c3cccc(-c4ccc5c6c(cccc46)-c4ccccc4-5)c3)nc(-c3cccc(-c4cccc5oc6ccccc6c45)c3)n2)cc1. The first-order chi connectivity index (χ1) is 26.3. The van der Waals surface area contributed by atoms with Crippen LogP contribution in [0.3, 0.4) is 0 Å². The molecule has 0 atom stereocenters. The Kier molecular flexibility index (Phi) is 6.52. The largest absolute Gasteiger partial charge is 0.456 e. The first kappa shape index (κ1) is 29.5. The quantitative estimate of drug-likeness (QED) is 0.182. The first-order valence-electron chi connectivity index (χ1n) is 17.9. The van der Waals surface area contributed by atoms with Gasteiger partial charge in [-0.15, -0.1) is 0 Å². The summed E-state index contributed by atoms with van der Waals surface area (Å²) in [7, 11) is 0. The molecule has 4 heteroatoms. The van der Waals surface area contributed by atoms with Gasteiger partial charge in [-0.25, -0.2) is 15.0 Å². The third-order valence-corrected chi connectivity index (χ3v) is 10.5. The number of benzene rings is 8. The highest BCUT2D eigenvalue weighted by Crippen LogP contribution is 2.49. The van der Waals surface area contributed by atoms with Gasteiger partial charge in [0.2, 0.25) is 0 Å². The van der Waals surface area contributed by atoms with Crippen molar-refractivity contribution in [3.8, 4) is 78.7 Å². The summed E-state index contributed by atoms with van der Waals surface area (Å²) >= 11 is 0. The second-order valence-corrected chi connectivity index (χ2v) is 13.5. The van der Waals surface area contributed by atoms with Crippen LogP contribution in [0.2, 0.25) is 0 Å². The molecule has 1 aliphatic rings. The number of rotatable bonds is 5. The van der Waals surface area contributed by atoms with Gasteiger partial charge in [0.05, 0.1) is 0 Å². The Bertz CT molecular complexity index is 3040. The highest BCUT2D eigenvalue weighted by molar-refractivity contribution is 6.18. The fraction of sp³-hybridized carbons (Fsp3) is 0. The summed E-state index contributed by atoms with van der Waals surface area (Å²) in [6, 6.07) is 61.5. The fourth-order valence-corrected chi connectivity index (χ4v) is 8.08. The maximum absolute atomic E-state index is 6.22. The first-order valence-corrected chi connectivity index (χ1v) is 17.9. The maximum atomic E-state index is 6.22. The van der Waals surface area contributed by atoms with E-state index >= 15 is 0 Å². The third kappa shape index (κ3) is 4.73. The zero-order valence-electron chi connectivity index (χ0n) is 28.5. The summed E-state index contributed by atoms with van der Waals surface area (Å²) in [4.78, 5) is 15.3. The second kappa shape index (κ2) is 11.7. The molecule has 1 aliphatic carbocycles. The molecule has 0 N–H and O–H groups in total. The van der Waals surface area contributed by atoms with Gasteiger partial charge in [0, 0.05) is 27.5 Å². The van der Waals surface area contributed by atoms with Crippen molar-refractivity contribution in [3.05, 3.63) is 176 Å². The van der Waals surface area contributed by atoms with Crippen LogP contribution >= 0.6 is 0 Å². The summed E-state index contributed by atoms with van der Waals surface area (Å²) in [5.41, 5.74) is 14.2. The molecule has 246 valence electrons. The molecule has 0 amide bonds. The van der Waals surface area contributed by atoms with Gasteiger partial charge in [-0.1, -0.05) is 152 Å². The lowest BCUT2D eigenvalue weighted by Crippen LogP contribution is -2.00. The van der Waals surface area contributed by atoms with E-state index in [0.29, 0.717) is 17.5 Å². The normalized spacial score (nSPS) is 11.8. The molecule has 8 aromatic carbocycles. The predicted octanol–water partition coefficient (Wildman–Crippen LogP) is 12.9. The Morgan fingerprint density at radius 2 is 0.755 bits per heavy atom.